The Morgan fingerprint density at radius 1 is 1.06 bits per heavy atom. The van der Waals surface area contributed by atoms with Crippen molar-refractivity contribution in [3.8, 4) is 0 Å². The second-order valence-corrected chi connectivity index (χ2v) is 5.86. The van der Waals surface area contributed by atoms with Gasteiger partial charge in [0.05, 0.1) is 5.84 Å². The summed E-state index contributed by atoms with van der Waals surface area (Å²) in [4.78, 5) is 5.10. The van der Waals surface area contributed by atoms with Gasteiger partial charge in [0.1, 0.15) is 0 Å². The van der Waals surface area contributed by atoms with Crippen molar-refractivity contribution in [2.24, 2.45) is 11.1 Å². The van der Waals surface area contributed by atoms with Gasteiger partial charge in [-0.05, 0) is 51.9 Å². The van der Waals surface area contributed by atoms with Crippen LogP contribution in [0.2, 0.25) is 0 Å². The number of likely N-dealkylation sites (tertiary alicyclic amines) is 2. The van der Waals surface area contributed by atoms with Crippen molar-refractivity contribution in [1.29, 1.82) is 5.41 Å². The normalized spacial score (nSPS) is 26.2. The van der Waals surface area contributed by atoms with Gasteiger partial charge in [-0.25, -0.2) is 0 Å². The zero-order valence-corrected chi connectivity index (χ0v) is 11.0. The number of nitrogens with two attached hydrogens (primary N) is 1. The molecule has 0 atom stereocenters. The van der Waals surface area contributed by atoms with E-state index in [4.69, 9.17) is 11.1 Å². The number of nitrogens with zero attached hydrogens (tertiary/aromatic N) is 2. The summed E-state index contributed by atoms with van der Waals surface area (Å²) in [6.07, 6.45) is 4.84. The molecule has 0 aliphatic carbocycles. The summed E-state index contributed by atoms with van der Waals surface area (Å²) in [5.41, 5.74) is 5.64. The van der Waals surface area contributed by atoms with Gasteiger partial charge < -0.3 is 15.5 Å². The second-order valence-electron chi connectivity index (χ2n) is 5.86. The lowest BCUT2D eigenvalue weighted by Crippen LogP contribution is -2.46. The number of hydrogen-bond acceptors (Lipinski definition) is 3. The number of rotatable bonds is 4. The van der Waals surface area contributed by atoms with Crippen LogP contribution >= 0.6 is 0 Å². The lowest BCUT2D eigenvalue weighted by atomic mass is 9.79. The molecular formula is C13H26N4. The summed E-state index contributed by atoms with van der Waals surface area (Å²) in [6, 6.07) is 0. The molecule has 0 spiro atoms. The summed E-state index contributed by atoms with van der Waals surface area (Å²) < 4.78 is 0. The van der Waals surface area contributed by atoms with Crippen LogP contribution in [0, 0.1) is 10.8 Å². The zero-order valence-electron chi connectivity index (χ0n) is 11.0. The van der Waals surface area contributed by atoms with Crippen molar-refractivity contribution in [3.05, 3.63) is 0 Å². The molecule has 0 radical (unpaired) electrons. The average Bonchev–Trinajstić information content (AvgIpc) is 2.81. The molecule has 0 aromatic rings. The van der Waals surface area contributed by atoms with Gasteiger partial charge in [-0.15, -0.1) is 0 Å². The van der Waals surface area contributed by atoms with Gasteiger partial charge in [0.15, 0.2) is 0 Å². The zero-order chi connectivity index (χ0) is 12.3. The fourth-order valence-electron chi connectivity index (χ4n) is 2.83. The van der Waals surface area contributed by atoms with E-state index in [9.17, 15) is 0 Å². The third-order valence-corrected chi connectivity index (χ3v) is 4.54. The van der Waals surface area contributed by atoms with Gasteiger partial charge in [-0.1, -0.05) is 6.92 Å². The number of piperidine rings is 1. The first-order valence-electron chi connectivity index (χ1n) is 6.89. The fraction of sp³-hybridized carbons (Fsp3) is 0.923. The molecule has 2 heterocycles. The summed E-state index contributed by atoms with van der Waals surface area (Å²) in [7, 11) is 0. The minimum absolute atomic E-state index is 0.0376. The van der Waals surface area contributed by atoms with E-state index < -0.39 is 0 Å². The summed E-state index contributed by atoms with van der Waals surface area (Å²) in [5, 5.41) is 7.64. The third kappa shape index (κ3) is 3.19. The molecule has 2 saturated heterocycles. The Morgan fingerprint density at radius 3 is 2.00 bits per heavy atom. The monoisotopic (exact) mass is 238 g/mol. The van der Waals surface area contributed by atoms with E-state index in [-0.39, 0.29) is 5.41 Å². The Hall–Kier alpha value is -0.610. The van der Waals surface area contributed by atoms with E-state index in [1.165, 1.54) is 39.0 Å². The summed E-state index contributed by atoms with van der Waals surface area (Å²) in [5.74, 6) is 0.372. The van der Waals surface area contributed by atoms with E-state index in [2.05, 4.69) is 16.7 Å². The maximum atomic E-state index is 7.64. The van der Waals surface area contributed by atoms with Crippen molar-refractivity contribution < 1.29 is 0 Å². The number of amidine groups is 1. The molecule has 2 rings (SSSR count). The smallest absolute Gasteiger partial charge is 0.0966 e. The fourth-order valence-corrected chi connectivity index (χ4v) is 2.83. The van der Waals surface area contributed by atoms with Gasteiger partial charge in [0.2, 0.25) is 0 Å². The second kappa shape index (κ2) is 5.36. The highest BCUT2D eigenvalue weighted by atomic mass is 15.2. The van der Waals surface area contributed by atoms with E-state index in [0.29, 0.717) is 5.84 Å². The molecule has 0 unspecified atom stereocenters. The van der Waals surface area contributed by atoms with Gasteiger partial charge in [-0.2, -0.15) is 0 Å². The van der Waals surface area contributed by atoms with E-state index in [0.717, 1.165) is 25.9 Å². The molecule has 0 saturated carbocycles. The number of nitrogens with one attached hydrogen (secondary N) is 1. The molecule has 0 bridgehead atoms. The van der Waals surface area contributed by atoms with E-state index >= 15 is 0 Å². The molecule has 98 valence electrons. The Kier molecular flexibility index (Phi) is 4.05. The molecule has 0 aromatic heterocycles. The van der Waals surface area contributed by atoms with Crippen molar-refractivity contribution >= 4 is 5.84 Å². The van der Waals surface area contributed by atoms with Crippen LogP contribution in [-0.4, -0.2) is 54.9 Å². The molecule has 0 amide bonds. The topological polar surface area (TPSA) is 56.4 Å². The van der Waals surface area contributed by atoms with Gasteiger partial charge in [-0.3, -0.25) is 5.41 Å². The lowest BCUT2D eigenvalue weighted by Gasteiger charge is -2.39. The Labute approximate surface area is 105 Å². The van der Waals surface area contributed by atoms with Crippen LogP contribution in [0.4, 0.5) is 0 Å². The molecule has 2 fully saturated rings. The molecule has 4 heteroatoms. The third-order valence-electron chi connectivity index (χ3n) is 4.54. The Bertz CT molecular complexity index is 263. The predicted octanol–water partition coefficient (Wildman–Crippen LogP) is 1.12. The highest BCUT2D eigenvalue weighted by Crippen LogP contribution is 2.30. The van der Waals surface area contributed by atoms with Crippen LogP contribution in [0.15, 0.2) is 0 Å². The highest BCUT2D eigenvalue weighted by Gasteiger charge is 2.32. The standard InChI is InChI=1S/C13H26N4/c1-13(12(14)15)4-8-17(9-5-13)11-10-16-6-2-3-7-16/h2-11H2,1H3,(H3,14,15). The minimum atomic E-state index is -0.0376. The maximum Gasteiger partial charge on any atom is 0.0966 e. The molecule has 0 aromatic carbocycles. The predicted molar refractivity (Wildman–Crippen MR) is 71.4 cm³/mol. The molecule has 3 N–H and O–H groups in total. The molecule has 2 aliphatic rings. The van der Waals surface area contributed by atoms with Crippen molar-refractivity contribution in [2.45, 2.75) is 32.6 Å². The summed E-state index contributed by atoms with van der Waals surface area (Å²) in [6.45, 7) is 9.32. The Balaban J connectivity index is 1.70. The van der Waals surface area contributed by atoms with Crippen LogP contribution in [0.1, 0.15) is 32.6 Å². The first-order chi connectivity index (χ1) is 8.10. The van der Waals surface area contributed by atoms with Crippen LogP contribution in [0.5, 0.6) is 0 Å². The van der Waals surface area contributed by atoms with Crippen LogP contribution < -0.4 is 5.73 Å². The highest BCUT2D eigenvalue weighted by molar-refractivity contribution is 5.83. The Morgan fingerprint density at radius 2 is 1.53 bits per heavy atom. The molecular weight excluding hydrogens is 212 g/mol. The molecule has 2 aliphatic heterocycles. The first kappa shape index (κ1) is 12.8. The largest absolute Gasteiger partial charge is 0.387 e. The van der Waals surface area contributed by atoms with Gasteiger partial charge in [0.25, 0.3) is 0 Å². The average molecular weight is 238 g/mol. The van der Waals surface area contributed by atoms with Crippen LogP contribution in [0.25, 0.3) is 0 Å². The van der Waals surface area contributed by atoms with Crippen molar-refractivity contribution in [1.82, 2.24) is 9.80 Å². The lowest BCUT2D eigenvalue weighted by molar-refractivity contribution is 0.147. The molecule has 17 heavy (non-hydrogen) atoms. The van der Waals surface area contributed by atoms with Crippen LogP contribution in [-0.2, 0) is 0 Å². The van der Waals surface area contributed by atoms with Gasteiger partial charge in [0, 0.05) is 18.5 Å². The summed E-state index contributed by atoms with van der Waals surface area (Å²) >= 11 is 0. The van der Waals surface area contributed by atoms with E-state index in [1.807, 2.05) is 0 Å². The maximum absolute atomic E-state index is 7.64. The van der Waals surface area contributed by atoms with Gasteiger partial charge >= 0.3 is 0 Å². The SMILES string of the molecule is CC1(C(=N)N)CCN(CCN2CCCC2)CC1. The minimum Gasteiger partial charge on any atom is -0.387 e. The first-order valence-corrected chi connectivity index (χ1v) is 6.89. The van der Waals surface area contributed by atoms with Crippen molar-refractivity contribution in [2.75, 3.05) is 39.3 Å². The number of hydrogen-bond donors (Lipinski definition) is 2. The molecule has 4 nitrogen and oxygen atoms in total. The quantitative estimate of drug-likeness (QED) is 0.570. The van der Waals surface area contributed by atoms with E-state index in [1.54, 1.807) is 0 Å². The van der Waals surface area contributed by atoms with Crippen molar-refractivity contribution in [3.63, 3.8) is 0 Å². The van der Waals surface area contributed by atoms with Crippen LogP contribution in [0.3, 0.4) is 0 Å².